The van der Waals surface area contributed by atoms with Gasteiger partial charge in [-0.15, -0.1) is 0 Å². The van der Waals surface area contributed by atoms with Crippen molar-refractivity contribution in [3.05, 3.63) is 0 Å². The van der Waals surface area contributed by atoms with Gasteiger partial charge in [-0.05, 0) is 31.6 Å². The lowest BCUT2D eigenvalue weighted by molar-refractivity contribution is -0.109. The Hall–Kier alpha value is -1.06. The fraction of sp³-hybridized carbons (Fsp3) is 0.778. The third kappa shape index (κ3) is 3.44. The fourth-order valence-electron chi connectivity index (χ4n) is 1.79. The SMILES string of the molecule is NC(=O)OC1CCC(CC=O)CC1. The monoisotopic (exact) mass is 185 g/mol. The van der Waals surface area contributed by atoms with Crippen LogP contribution in [-0.4, -0.2) is 18.5 Å². The third-order valence-corrected chi connectivity index (χ3v) is 2.51. The minimum Gasteiger partial charge on any atom is -0.446 e. The van der Waals surface area contributed by atoms with Crippen molar-refractivity contribution < 1.29 is 14.3 Å². The molecule has 74 valence electrons. The highest BCUT2D eigenvalue weighted by Crippen LogP contribution is 2.27. The number of carbonyl (C=O) groups excluding carboxylic acids is 2. The Bertz CT molecular complexity index is 185. The van der Waals surface area contributed by atoms with Crippen molar-refractivity contribution in [2.75, 3.05) is 0 Å². The average molecular weight is 185 g/mol. The van der Waals surface area contributed by atoms with Crippen LogP contribution >= 0.6 is 0 Å². The lowest BCUT2D eigenvalue weighted by Crippen LogP contribution is -2.27. The van der Waals surface area contributed by atoms with Crippen LogP contribution in [0.15, 0.2) is 0 Å². The van der Waals surface area contributed by atoms with Gasteiger partial charge in [-0.25, -0.2) is 4.79 Å². The molecule has 2 N–H and O–H groups in total. The van der Waals surface area contributed by atoms with E-state index in [2.05, 4.69) is 0 Å². The van der Waals surface area contributed by atoms with Crippen LogP contribution in [-0.2, 0) is 9.53 Å². The maximum Gasteiger partial charge on any atom is 0.404 e. The van der Waals surface area contributed by atoms with Crippen LogP contribution in [0.2, 0.25) is 0 Å². The number of aldehydes is 1. The number of hydrogen-bond acceptors (Lipinski definition) is 3. The molecule has 0 aromatic heterocycles. The van der Waals surface area contributed by atoms with Crippen LogP contribution in [0.4, 0.5) is 4.79 Å². The molecular weight excluding hydrogens is 170 g/mol. The van der Waals surface area contributed by atoms with E-state index < -0.39 is 6.09 Å². The molecule has 4 nitrogen and oxygen atoms in total. The molecule has 0 bridgehead atoms. The first kappa shape index (κ1) is 10.0. The van der Waals surface area contributed by atoms with Gasteiger partial charge in [0.15, 0.2) is 0 Å². The Kier molecular flexibility index (Phi) is 3.73. The Morgan fingerprint density at radius 1 is 1.38 bits per heavy atom. The molecule has 1 amide bonds. The van der Waals surface area contributed by atoms with Gasteiger partial charge in [0.25, 0.3) is 0 Å². The quantitative estimate of drug-likeness (QED) is 0.672. The Labute approximate surface area is 77.4 Å². The molecule has 0 saturated heterocycles. The first-order chi connectivity index (χ1) is 6.22. The molecule has 0 aromatic rings. The van der Waals surface area contributed by atoms with E-state index in [0.29, 0.717) is 12.3 Å². The standard InChI is InChI=1S/C9H15NO3/c10-9(12)13-8-3-1-7(2-4-8)5-6-11/h6-8H,1-5H2,(H2,10,12). The molecule has 4 heteroatoms. The third-order valence-electron chi connectivity index (χ3n) is 2.51. The Balaban J connectivity index is 2.22. The van der Waals surface area contributed by atoms with Gasteiger partial charge in [-0.1, -0.05) is 0 Å². The van der Waals surface area contributed by atoms with Gasteiger partial charge < -0.3 is 15.3 Å². The number of hydrogen-bond donors (Lipinski definition) is 1. The topological polar surface area (TPSA) is 69.4 Å². The average Bonchev–Trinajstić information content (AvgIpc) is 2.08. The highest BCUT2D eigenvalue weighted by atomic mass is 16.6. The second-order valence-electron chi connectivity index (χ2n) is 3.48. The maximum absolute atomic E-state index is 10.4. The van der Waals surface area contributed by atoms with Gasteiger partial charge in [0.2, 0.25) is 0 Å². The molecule has 1 fully saturated rings. The zero-order valence-corrected chi connectivity index (χ0v) is 7.57. The molecular formula is C9H15NO3. The fourth-order valence-corrected chi connectivity index (χ4v) is 1.79. The van der Waals surface area contributed by atoms with Crippen molar-refractivity contribution in [2.24, 2.45) is 11.7 Å². The van der Waals surface area contributed by atoms with Gasteiger partial charge in [0.1, 0.15) is 12.4 Å². The molecule has 1 rings (SSSR count). The second-order valence-corrected chi connectivity index (χ2v) is 3.48. The van der Waals surface area contributed by atoms with E-state index in [1.165, 1.54) is 0 Å². The van der Waals surface area contributed by atoms with Crippen LogP contribution < -0.4 is 5.73 Å². The summed E-state index contributed by atoms with van der Waals surface area (Å²) in [7, 11) is 0. The molecule has 0 atom stereocenters. The summed E-state index contributed by atoms with van der Waals surface area (Å²) in [4.78, 5) is 20.6. The minimum absolute atomic E-state index is 0.0274. The van der Waals surface area contributed by atoms with Crippen LogP contribution in [0.25, 0.3) is 0 Å². The van der Waals surface area contributed by atoms with Crippen molar-refractivity contribution in [3.63, 3.8) is 0 Å². The summed E-state index contributed by atoms with van der Waals surface area (Å²) in [5.74, 6) is 0.477. The van der Waals surface area contributed by atoms with Crippen molar-refractivity contribution in [3.8, 4) is 0 Å². The van der Waals surface area contributed by atoms with E-state index in [-0.39, 0.29) is 6.10 Å². The molecule has 0 unspecified atom stereocenters. The van der Waals surface area contributed by atoms with Crippen molar-refractivity contribution in [2.45, 2.75) is 38.2 Å². The summed E-state index contributed by atoms with van der Waals surface area (Å²) in [6.07, 6.45) is 4.44. The largest absolute Gasteiger partial charge is 0.446 e. The van der Waals surface area contributed by atoms with Crippen molar-refractivity contribution in [1.29, 1.82) is 0 Å². The van der Waals surface area contributed by atoms with E-state index in [1.807, 2.05) is 0 Å². The number of amides is 1. The summed E-state index contributed by atoms with van der Waals surface area (Å²) in [5, 5.41) is 0. The summed E-state index contributed by atoms with van der Waals surface area (Å²) in [6, 6.07) is 0. The first-order valence-electron chi connectivity index (χ1n) is 4.62. The maximum atomic E-state index is 10.4. The summed E-state index contributed by atoms with van der Waals surface area (Å²) >= 11 is 0. The van der Waals surface area contributed by atoms with Gasteiger partial charge >= 0.3 is 6.09 Å². The molecule has 1 saturated carbocycles. The smallest absolute Gasteiger partial charge is 0.404 e. The summed E-state index contributed by atoms with van der Waals surface area (Å²) in [5.41, 5.74) is 4.90. The highest BCUT2D eigenvalue weighted by Gasteiger charge is 2.22. The molecule has 0 radical (unpaired) electrons. The molecule has 0 aromatic carbocycles. The first-order valence-corrected chi connectivity index (χ1v) is 4.62. The molecule has 0 aliphatic heterocycles. The van der Waals surface area contributed by atoms with Crippen molar-refractivity contribution >= 4 is 12.4 Å². The number of rotatable bonds is 3. The molecule has 0 heterocycles. The predicted octanol–water partition coefficient (Wildman–Crippen LogP) is 1.23. The normalized spacial score (nSPS) is 28.0. The number of carbonyl (C=O) groups is 2. The molecule has 1 aliphatic rings. The summed E-state index contributed by atoms with van der Waals surface area (Å²) < 4.78 is 4.87. The highest BCUT2D eigenvalue weighted by molar-refractivity contribution is 5.64. The van der Waals surface area contributed by atoms with Gasteiger partial charge in [0.05, 0.1) is 0 Å². The van der Waals surface area contributed by atoms with E-state index in [0.717, 1.165) is 32.0 Å². The van der Waals surface area contributed by atoms with Crippen LogP contribution in [0.5, 0.6) is 0 Å². The van der Waals surface area contributed by atoms with Crippen LogP contribution in [0.1, 0.15) is 32.1 Å². The van der Waals surface area contributed by atoms with E-state index in [9.17, 15) is 9.59 Å². The zero-order chi connectivity index (χ0) is 9.68. The second kappa shape index (κ2) is 4.84. The number of nitrogens with two attached hydrogens (primary N) is 1. The minimum atomic E-state index is -0.696. The van der Waals surface area contributed by atoms with Crippen LogP contribution in [0.3, 0.4) is 0 Å². The van der Waals surface area contributed by atoms with Gasteiger partial charge in [0, 0.05) is 6.42 Å². The Morgan fingerprint density at radius 3 is 2.46 bits per heavy atom. The predicted molar refractivity (Wildman–Crippen MR) is 47.1 cm³/mol. The molecule has 13 heavy (non-hydrogen) atoms. The van der Waals surface area contributed by atoms with E-state index in [4.69, 9.17) is 10.5 Å². The van der Waals surface area contributed by atoms with Gasteiger partial charge in [-0.2, -0.15) is 0 Å². The number of primary amides is 1. The van der Waals surface area contributed by atoms with Crippen LogP contribution in [0, 0.1) is 5.92 Å². The molecule has 1 aliphatic carbocycles. The van der Waals surface area contributed by atoms with E-state index in [1.54, 1.807) is 0 Å². The lowest BCUT2D eigenvalue weighted by atomic mass is 9.86. The zero-order valence-electron chi connectivity index (χ0n) is 7.57. The van der Waals surface area contributed by atoms with E-state index >= 15 is 0 Å². The van der Waals surface area contributed by atoms with Crippen molar-refractivity contribution in [1.82, 2.24) is 0 Å². The lowest BCUT2D eigenvalue weighted by Gasteiger charge is -2.26. The number of ether oxygens (including phenoxy) is 1. The molecule has 0 spiro atoms. The van der Waals surface area contributed by atoms with Gasteiger partial charge in [-0.3, -0.25) is 0 Å². The Morgan fingerprint density at radius 2 is 2.00 bits per heavy atom. The summed E-state index contributed by atoms with van der Waals surface area (Å²) in [6.45, 7) is 0.